The Kier molecular flexibility index (Phi) is 3.49. The average Bonchev–Trinajstić information content (AvgIpc) is 2.34. The molecule has 86 valence electrons. The molecule has 0 spiro atoms. The van der Waals surface area contributed by atoms with Crippen LogP contribution in [0.2, 0.25) is 0 Å². The van der Waals surface area contributed by atoms with Crippen LogP contribution in [-0.2, 0) is 0 Å². The minimum atomic E-state index is -0.400. The number of halogens is 2. The van der Waals surface area contributed by atoms with Gasteiger partial charge in [0.15, 0.2) is 6.29 Å². The molecule has 0 unspecified atom stereocenters. The van der Waals surface area contributed by atoms with Crippen molar-refractivity contribution in [2.75, 3.05) is 0 Å². The molecular weight excluding hydrogens is 289 g/mol. The van der Waals surface area contributed by atoms with E-state index < -0.39 is 5.82 Å². The summed E-state index contributed by atoms with van der Waals surface area (Å²) in [5, 5.41) is 0. The number of carbonyl (C=O) groups excluding carboxylic acids is 1. The molecule has 0 amide bonds. The Morgan fingerprint density at radius 2 is 2.12 bits per heavy atom. The van der Waals surface area contributed by atoms with Crippen molar-refractivity contribution in [3.05, 3.63) is 52.5 Å². The molecule has 1 aromatic heterocycles. The number of aromatic nitrogens is 1. The fraction of sp³-hybridized carbons (Fsp3) is 0. The van der Waals surface area contributed by atoms with E-state index in [0.717, 1.165) is 0 Å². The van der Waals surface area contributed by atoms with Crippen LogP contribution >= 0.6 is 15.9 Å². The summed E-state index contributed by atoms with van der Waals surface area (Å²) in [5.41, 5.74) is 0.398. The van der Waals surface area contributed by atoms with Crippen LogP contribution in [0.5, 0.6) is 11.5 Å². The highest BCUT2D eigenvalue weighted by atomic mass is 79.9. The molecule has 3 nitrogen and oxygen atoms in total. The van der Waals surface area contributed by atoms with Crippen LogP contribution < -0.4 is 4.74 Å². The molecule has 1 heterocycles. The van der Waals surface area contributed by atoms with Gasteiger partial charge in [-0.05, 0) is 34.1 Å². The lowest BCUT2D eigenvalue weighted by molar-refractivity contribution is 0.112. The molecule has 0 atom stereocenters. The zero-order valence-electron chi connectivity index (χ0n) is 8.56. The molecule has 2 aromatic rings. The van der Waals surface area contributed by atoms with Gasteiger partial charge in [-0.1, -0.05) is 0 Å². The first-order valence-electron chi connectivity index (χ1n) is 4.72. The molecule has 0 radical (unpaired) electrons. The van der Waals surface area contributed by atoms with Gasteiger partial charge in [0.05, 0.1) is 10.7 Å². The van der Waals surface area contributed by atoms with E-state index >= 15 is 0 Å². The number of carbonyl (C=O) groups is 1. The Hall–Kier alpha value is -1.75. The van der Waals surface area contributed by atoms with Gasteiger partial charge in [-0.15, -0.1) is 0 Å². The maximum absolute atomic E-state index is 13.0. The average molecular weight is 296 g/mol. The van der Waals surface area contributed by atoms with Crippen LogP contribution in [0.15, 0.2) is 41.1 Å². The van der Waals surface area contributed by atoms with Gasteiger partial charge in [-0.3, -0.25) is 9.78 Å². The topological polar surface area (TPSA) is 39.2 Å². The van der Waals surface area contributed by atoms with Gasteiger partial charge in [0.25, 0.3) is 0 Å². The quantitative estimate of drug-likeness (QED) is 0.813. The second-order valence-corrected chi connectivity index (χ2v) is 4.10. The second-order valence-electron chi connectivity index (χ2n) is 3.25. The number of benzene rings is 1. The van der Waals surface area contributed by atoms with Gasteiger partial charge < -0.3 is 4.74 Å². The van der Waals surface area contributed by atoms with Gasteiger partial charge in [0.2, 0.25) is 0 Å². The third-order valence-corrected chi connectivity index (χ3v) is 2.65. The van der Waals surface area contributed by atoms with E-state index in [9.17, 15) is 9.18 Å². The van der Waals surface area contributed by atoms with Crippen LogP contribution in [0.1, 0.15) is 10.4 Å². The predicted molar refractivity (Wildman–Crippen MR) is 63.8 cm³/mol. The van der Waals surface area contributed by atoms with Crippen LogP contribution in [0, 0.1) is 5.82 Å². The van der Waals surface area contributed by atoms with E-state index in [4.69, 9.17) is 4.74 Å². The van der Waals surface area contributed by atoms with Gasteiger partial charge in [0.1, 0.15) is 17.3 Å². The lowest BCUT2D eigenvalue weighted by atomic mass is 10.3. The van der Waals surface area contributed by atoms with E-state index in [1.807, 2.05) is 0 Å². The Labute approximate surface area is 105 Å². The Balaban J connectivity index is 2.30. The van der Waals surface area contributed by atoms with Gasteiger partial charge >= 0.3 is 0 Å². The van der Waals surface area contributed by atoms with Crippen molar-refractivity contribution in [3.8, 4) is 11.5 Å². The number of nitrogens with zero attached hydrogens (tertiary/aromatic N) is 1. The molecule has 0 N–H and O–H groups in total. The van der Waals surface area contributed by atoms with Crippen molar-refractivity contribution in [2.24, 2.45) is 0 Å². The molecule has 0 aliphatic rings. The maximum atomic E-state index is 13.0. The highest BCUT2D eigenvalue weighted by molar-refractivity contribution is 9.10. The van der Waals surface area contributed by atoms with E-state index in [2.05, 4.69) is 20.9 Å². The second kappa shape index (κ2) is 5.05. The van der Waals surface area contributed by atoms with Crippen LogP contribution in [0.25, 0.3) is 0 Å². The molecule has 0 saturated carbocycles. The summed E-state index contributed by atoms with van der Waals surface area (Å²) in [4.78, 5) is 14.4. The van der Waals surface area contributed by atoms with E-state index in [-0.39, 0.29) is 0 Å². The number of pyridine rings is 1. The van der Waals surface area contributed by atoms with Gasteiger partial charge in [-0.25, -0.2) is 4.39 Å². The maximum Gasteiger partial charge on any atom is 0.151 e. The van der Waals surface area contributed by atoms with Gasteiger partial charge in [-0.2, -0.15) is 0 Å². The van der Waals surface area contributed by atoms with E-state index in [1.165, 1.54) is 30.6 Å². The van der Waals surface area contributed by atoms with Crippen molar-refractivity contribution in [1.82, 2.24) is 4.98 Å². The molecular formula is C12H7BrFNO2. The minimum absolute atomic E-state index is 0.329. The molecule has 0 bridgehead atoms. The lowest BCUT2D eigenvalue weighted by Gasteiger charge is -2.07. The lowest BCUT2D eigenvalue weighted by Crippen LogP contribution is -1.90. The van der Waals surface area contributed by atoms with Crippen molar-refractivity contribution < 1.29 is 13.9 Å². The largest absolute Gasteiger partial charge is 0.454 e. The highest BCUT2D eigenvalue weighted by Crippen LogP contribution is 2.30. The highest BCUT2D eigenvalue weighted by Gasteiger charge is 2.05. The summed E-state index contributed by atoms with van der Waals surface area (Å²) in [5.74, 6) is 0.304. The van der Waals surface area contributed by atoms with Crippen LogP contribution in [0.3, 0.4) is 0 Å². The van der Waals surface area contributed by atoms with Crippen molar-refractivity contribution in [3.63, 3.8) is 0 Å². The molecule has 1 aromatic carbocycles. The molecule has 17 heavy (non-hydrogen) atoms. The summed E-state index contributed by atoms with van der Waals surface area (Å²) in [7, 11) is 0. The van der Waals surface area contributed by atoms with Gasteiger partial charge in [0, 0.05) is 17.8 Å². The molecule has 5 heteroatoms. The molecule has 0 saturated heterocycles. The summed E-state index contributed by atoms with van der Waals surface area (Å²) in [6.07, 6.45) is 3.53. The van der Waals surface area contributed by atoms with Crippen LogP contribution in [-0.4, -0.2) is 11.3 Å². The fourth-order valence-corrected chi connectivity index (χ4v) is 1.57. The number of rotatable bonds is 3. The SMILES string of the molecule is O=Cc1cncc(Oc2cc(F)ccc2Br)c1. The summed E-state index contributed by atoms with van der Waals surface area (Å²) in [6, 6.07) is 5.63. The zero-order chi connectivity index (χ0) is 12.3. The Bertz CT molecular complexity index is 560. The monoisotopic (exact) mass is 295 g/mol. The van der Waals surface area contributed by atoms with E-state index in [0.29, 0.717) is 27.8 Å². The van der Waals surface area contributed by atoms with Crippen molar-refractivity contribution >= 4 is 22.2 Å². The number of ether oxygens (including phenoxy) is 1. The fourth-order valence-electron chi connectivity index (χ4n) is 1.24. The first kappa shape index (κ1) is 11.7. The zero-order valence-corrected chi connectivity index (χ0v) is 10.1. The molecule has 0 aliphatic heterocycles. The third-order valence-electron chi connectivity index (χ3n) is 1.99. The minimum Gasteiger partial charge on any atom is -0.454 e. The smallest absolute Gasteiger partial charge is 0.151 e. The predicted octanol–water partition coefficient (Wildman–Crippen LogP) is 3.59. The first-order chi connectivity index (χ1) is 8.19. The standard InChI is InChI=1S/C12H7BrFNO2/c13-11-2-1-9(14)4-12(11)17-10-3-8(7-16)5-15-6-10/h1-7H. The normalized spacial score (nSPS) is 10.0. The Morgan fingerprint density at radius 3 is 2.88 bits per heavy atom. The first-order valence-corrected chi connectivity index (χ1v) is 5.51. The molecule has 0 fully saturated rings. The summed E-state index contributed by atoms with van der Waals surface area (Å²) < 4.78 is 19.1. The number of hydrogen-bond donors (Lipinski definition) is 0. The Morgan fingerprint density at radius 1 is 1.29 bits per heavy atom. The molecule has 2 rings (SSSR count). The number of hydrogen-bond acceptors (Lipinski definition) is 3. The van der Waals surface area contributed by atoms with Crippen molar-refractivity contribution in [2.45, 2.75) is 0 Å². The third kappa shape index (κ3) is 2.88. The number of aldehydes is 1. The van der Waals surface area contributed by atoms with Crippen molar-refractivity contribution in [1.29, 1.82) is 0 Å². The van der Waals surface area contributed by atoms with E-state index in [1.54, 1.807) is 6.07 Å². The van der Waals surface area contributed by atoms with Crippen LogP contribution in [0.4, 0.5) is 4.39 Å². The summed E-state index contributed by atoms with van der Waals surface area (Å²) >= 11 is 3.24. The summed E-state index contributed by atoms with van der Waals surface area (Å²) in [6.45, 7) is 0. The molecule has 0 aliphatic carbocycles.